The van der Waals surface area contributed by atoms with E-state index in [9.17, 15) is 43.2 Å². The van der Waals surface area contributed by atoms with E-state index in [-0.39, 0.29) is 25.7 Å². The van der Waals surface area contributed by atoms with E-state index >= 15 is 0 Å². The first kappa shape index (κ1) is 88.1. The van der Waals surface area contributed by atoms with Gasteiger partial charge in [-0.3, -0.25) is 37.3 Å². The molecule has 0 aliphatic carbocycles. The SMILES string of the molecule is CC(C)CCCCCCCCCCCCCCCCCCC(=O)OC[C@H](COP(=O)(O)OCC(O)COP(=O)(O)OC[C@@H](COC(=O)CCCCCCCCCCC(C)C)OC(=O)CCCCCCCCC(C)C)OC(=O)CCCCCCCCCCC(C)C. The van der Waals surface area contributed by atoms with Crippen molar-refractivity contribution in [2.75, 3.05) is 39.6 Å². The van der Waals surface area contributed by atoms with E-state index in [1.165, 1.54) is 154 Å². The predicted octanol–water partition coefficient (Wildman–Crippen LogP) is 20.1. The van der Waals surface area contributed by atoms with E-state index in [2.05, 4.69) is 55.4 Å². The standard InChI is InChI=1S/C71H138O17P2/c1-61(2)47-39-31-23-17-15-13-11-9-10-12-14-16-18-26-35-43-51-68(73)81-57-66(87-70(75)53-45-37-28-22-20-25-33-41-49-63(5)6)59-85-89(77,78)83-55-65(72)56-84-90(79,80)86-60-67(88-71(76)54-46-38-30-29-34-42-50-64(7)8)58-82-69(74)52-44-36-27-21-19-24-32-40-48-62(3)4/h61-67,72H,9-60H2,1-8H3,(H,77,78)(H,79,80)/t65?,66-,67-/m1/s1. The van der Waals surface area contributed by atoms with Crippen LogP contribution in [0.15, 0.2) is 0 Å². The fourth-order valence-corrected chi connectivity index (χ4v) is 12.2. The lowest BCUT2D eigenvalue weighted by Crippen LogP contribution is -2.30. The molecule has 0 heterocycles. The third-order valence-corrected chi connectivity index (χ3v) is 18.2. The van der Waals surface area contributed by atoms with Crippen molar-refractivity contribution in [3.05, 3.63) is 0 Å². The van der Waals surface area contributed by atoms with Crippen molar-refractivity contribution >= 4 is 39.5 Å². The van der Waals surface area contributed by atoms with Crippen LogP contribution in [0.4, 0.5) is 0 Å². The summed E-state index contributed by atoms with van der Waals surface area (Å²) in [6.45, 7) is 14.0. The Morgan fingerprint density at radius 1 is 0.278 bits per heavy atom. The maximum atomic E-state index is 13.0. The number of hydrogen-bond acceptors (Lipinski definition) is 15. The van der Waals surface area contributed by atoms with Gasteiger partial charge in [-0.2, -0.15) is 0 Å². The molecule has 0 rings (SSSR count). The first-order valence-corrected chi connectivity index (χ1v) is 39.7. The van der Waals surface area contributed by atoms with Crippen LogP contribution in [0.1, 0.15) is 351 Å². The quantitative estimate of drug-likeness (QED) is 0.0222. The van der Waals surface area contributed by atoms with Gasteiger partial charge in [0.05, 0.1) is 26.4 Å². The molecule has 0 amide bonds. The van der Waals surface area contributed by atoms with Crippen LogP contribution in [-0.2, 0) is 65.4 Å². The summed E-state index contributed by atoms with van der Waals surface area (Å²) in [6, 6.07) is 0. The van der Waals surface area contributed by atoms with Crippen LogP contribution in [0, 0.1) is 23.7 Å². The summed E-state index contributed by atoms with van der Waals surface area (Å²) in [5, 5.41) is 10.6. The van der Waals surface area contributed by atoms with E-state index in [1.54, 1.807) is 0 Å². The zero-order valence-corrected chi connectivity index (χ0v) is 60.6. The van der Waals surface area contributed by atoms with Crippen LogP contribution >= 0.6 is 15.6 Å². The molecule has 3 unspecified atom stereocenters. The van der Waals surface area contributed by atoms with Gasteiger partial charge in [0.15, 0.2) is 12.2 Å². The Morgan fingerprint density at radius 2 is 0.467 bits per heavy atom. The second kappa shape index (κ2) is 60.7. The molecule has 0 saturated carbocycles. The molecule has 0 aromatic carbocycles. The van der Waals surface area contributed by atoms with Gasteiger partial charge in [-0.25, -0.2) is 9.13 Å². The third kappa shape index (κ3) is 64.8. The predicted molar refractivity (Wildman–Crippen MR) is 363 cm³/mol. The van der Waals surface area contributed by atoms with Crippen LogP contribution in [0.25, 0.3) is 0 Å². The third-order valence-electron chi connectivity index (χ3n) is 16.3. The van der Waals surface area contributed by atoms with Gasteiger partial charge in [-0.1, -0.05) is 299 Å². The number of phosphoric ester groups is 2. The fraction of sp³-hybridized carbons (Fsp3) is 0.944. The molecule has 0 saturated heterocycles. The first-order chi connectivity index (χ1) is 43.1. The number of phosphoric acid groups is 2. The zero-order valence-electron chi connectivity index (χ0n) is 58.8. The summed E-state index contributed by atoms with van der Waals surface area (Å²) in [5.74, 6) is 0.792. The fourth-order valence-electron chi connectivity index (χ4n) is 10.7. The number of unbranched alkanes of at least 4 members (excludes halogenated alkanes) is 34. The van der Waals surface area contributed by atoms with Gasteiger partial charge in [0.25, 0.3) is 0 Å². The van der Waals surface area contributed by atoms with Crippen molar-refractivity contribution in [3.8, 4) is 0 Å². The highest BCUT2D eigenvalue weighted by Gasteiger charge is 2.30. The molecule has 90 heavy (non-hydrogen) atoms. The second-order valence-electron chi connectivity index (χ2n) is 27.5. The largest absolute Gasteiger partial charge is 0.472 e. The minimum absolute atomic E-state index is 0.101. The maximum absolute atomic E-state index is 13.0. The van der Waals surface area contributed by atoms with Gasteiger partial charge in [-0.15, -0.1) is 0 Å². The van der Waals surface area contributed by atoms with Crippen LogP contribution in [0.2, 0.25) is 0 Å². The van der Waals surface area contributed by atoms with Gasteiger partial charge >= 0.3 is 39.5 Å². The minimum Gasteiger partial charge on any atom is -0.462 e. The van der Waals surface area contributed by atoms with E-state index in [4.69, 9.17) is 37.0 Å². The molecule has 0 bridgehead atoms. The Morgan fingerprint density at radius 3 is 0.689 bits per heavy atom. The number of hydrogen-bond donors (Lipinski definition) is 3. The molecule has 0 aromatic rings. The topological polar surface area (TPSA) is 237 Å². The number of rotatable bonds is 68. The van der Waals surface area contributed by atoms with Gasteiger partial charge in [0, 0.05) is 25.7 Å². The Balaban J connectivity index is 5.17. The van der Waals surface area contributed by atoms with Crippen LogP contribution in [0.3, 0.4) is 0 Å². The Bertz CT molecular complexity index is 1780. The Labute approximate surface area is 549 Å². The van der Waals surface area contributed by atoms with Crippen LogP contribution < -0.4 is 0 Å². The van der Waals surface area contributed by atoms with E-state index in [1.807, 2.05) is 0 Å². The van der Waals surface area contributed by atoms with Crippen molar-refractivity contribution in [3.63, 3.8) is 0 Å². The average Bonchev–Trinajstić information content (AvgIpc) is 3.66. The summed E-state index contributed by atoms with van der Waals surface area (Å²) in [7, 11) is -9.90. The Kier molecular flexibility index (Phi) is 59.4. The van der Waals surface area contributed by atoms with E-state index < -0.39 is 97.5 Å². The lowest BCUT2D eigenvalue weighted by Gasteiger charge is -2.21. The van der Waals surface area contributed by atoms with E-state index in [0.29, 0.717) is 31.6 Å². The van der Waals surface area contributed by atoms with Crippen molar-refractivity contribution in [1.29, 1.82) is 0 Å². The summed E-state index contributed by atoms with van der Waals surface area (Å²) in [5.41, 5.74) is 0. The molecule has 534 valence electrons. The molecule has 0 spiro atoms. The Hall–Kier alpha value is -1.94. The summed E-state index contributed by atoms with van der Waals surface area (Å²) in [6.07, 6.45) is 43.4. The molecule has 0 aliphatic heterocycles. The highest BCUT2D eigenvalue weighted by Crippen LogP contribution is 2.45. The number of aliphatic hydroxyl groups is 1. The summed E-state index contributed by atoms with van der Waals surface area (Å²) >= 11 is 0. The maximum Gasteiger partial charge on any atom is 0.472 e. The lowest BCUT2D eigenvalue weighted by atomic mass is 10.0. The minimum atomic E-state index is -4.95. The summed E-state index contributed by atoms with van der Waals surface area (Å²) in [4.78, 5) is 72.5. The molecular formula is C71H138O17P2. The van der Waals surface area contributed by atoms with Gasteiger partial charge in [-0.05, 0) is 49.4 Å². The summed E-state index contributed by atoms with van der Waals surface area (Å²) < 4.78 is 68.2. The molecule has 3 N–H and O–H groups in total. The normalized spacial score (nSPS) is 14.3. The molecule has 5 atom stereocenters. The van der Waals surface area contributed by atoms with Gasteiger partial charge in [0.2, 0.25) is 0 Å². The van der Waals surface area contributed by atoms with Crippen molar-refractivity contribution in [2.24, 2.45) is 23.7 Å². The van der Waals surface area contributed by atoms with Crippen LogP contribution in [-0.4, -0.2) is 96.7 Å². The molecule has 19 heteroatoms. The lowest BCUT2D eigenvalue weighted by molar-refractivity contribution is -0.161. The first-order valence-electron chi connectivity index (χ1n) is 36.7. The smallest absolute Gasteiger partial charge is 0.462 e. The molecular weight excluding hydrogens is 1190 g/mol. The monoisotopic (exact) mass is 1320 g/mol. The number of carbonyl (C=O) groups is 4. The second-order valence-corrected chi connectivity index (χ2v) is 30.4. The van der Waals surface area contributed by atoms with Crippen molar-refractivity contribution in [1.82, 2.24) is 0 Å². The molecule has 0 radical (unpaired) electrons. The van der Waals surface area contributed by atoms with Gasteiger partial charge < -0.3 is 33.8 Å². The van der Waals surface area contributed by atoms with Gasteiger partial charge in [0.1, 0.15) is 19.3 Å². The van der Waals surface area contributed by atoms with Crippen molar-refractivity contribution in [2.45, 2.75) is 369 Å². The van der Waals surface area contributed by atoms with E-state index in [0.717, 1.165) is 108 Å². The molecule has 0 aromatic heterocycles. The molecule has 17 nitrogen and oxygen atoms in total. The number of carbonyl (C=O) groups excluding carboxylic acids is 4. The highest BCUT2D eigenvalue weighted by atomic mass is 31.2. The number of esters is 4. The number of aliphatic hydroxyl groups excluding tert-OH is 1. The average molecular weight is 1330 g/mol. The molecule has 0 fully saturated rings. The highest BCUT2D eigenvalue weighted by molar-refractivity contribution is 7.47. The zero-order chi connectivity index (χ0) is 66.8. The van der Waals surface area contributed by atoms with Crippen LogP contribution in [0.5, 0.6) is 0 Å². The van der Waals surface area contributed by atoms with Crippen molar-refractivity contribution < 1.29 is 80.2 Å². The number of ether oxygens (including phenoxy) is 4. The molecule has 0 aliphatic rings.